The first kappa shape index (κ1) is 22.6. The van der Waals surface area contributed by atoms with E-state index in [1.807, 2.05) is 39.0 Å². The summed E-state index contributed by atoms with van der Waals surface area (Å²) in [5.41, 5.74) is 1.33. The highest BCUT2D eigenvalue weighted by molar-refractivity contribution is 7.16. The summed E-state index contributed by atoms with van der Waals surface area (Å²) in [6.45, 7) is 6.15. The van der Waals surface area contributed by atoms with Gasteiger partial charge in [0.05, 0.1) is 27.9 Å². The van der Waals surface area contributed by atoms with Crippen LogP contribution in [0.5, 0.6) is 0 Å². The van der Waals surface area contributed by atoms with Crippen LogP contribution < -0.4 is 0 Å². The molecule has 32 heavy (non-hydrogen) atoms. The van der Waals surface area contributed by atoms with Crippen molar-refractivity contribution in [3.63, 3.8) is 0 Å². The van der Waals surface area contributed by atoms with Crippen molar-refractivity contribution in [3.8, 4) is 0 Å². The summed E-state index contributed by atoms with van der Waals surface area (Å²) in [5, 5.41) is 4.65. The molecule has 7 nitrogen and oxygen atoms in total. The van der Waals surface area contributed by atoms with Crippen LogP contribution in [0.4, 0.5) is 4.79 Å². The van der Waals surface area contributed by atoms with Crippen molar-refractivity contribution in [2.75, 3.05) is 6.54 Å². The molecule has 0 N–H and O–H groups in total. The van der Waals surface area contributed by atoms with Crippen LogP contribution in [-0.2, 0) is 17.6 Å². The van der Waals surface area contributed by atoms with Gasteiger partial charge < -0.3 is 9.15 Å². The molecule has 0 radical (unpaired) electrons. The van der Waals surface area contributed by atoms with Gasteiger partial charge in [-0.3, -0.25) is 9.69 Å². The van der Waals surface area contributed by atoms with Crippen molar-refractivity contribution >= 4 is 34.9 Å². The van der Waals surface area contributed by atoms with Crippen LogP contribution in [0.1, 0.15) is 66.3 Å². The van der Waals surface area contributed by atoms with E-state index < -0.39 is 5.60 Å². The molecule has 9 heteroatoms. The van der Waals surface area contributed by atoms with E-state index in [1.54, 1.807) is 11.0 Å². The second-order valence-electron chi connectivity index (χ2n) is 8.83. The number of likely N-dealkylation sites (tertiary alicyclic amines) is 1. The van der Waals surface area contributed by atoms with E-state index in [1.165, 1.54) is 28.5 Å². The Morgan fingerprint density at radius 3 is 2.75 bits per heavy atom. The maximum atomic E-state index is 13.1. The summed E-state index contributed by atoms with van der Waals surface area (Å²) in [5.74, 6) is -0.258. The molecule has 3 aromatic rings. The Labute approximate surface area is 195 Å². The zero-order valence-corrected chi connectivity index (χ0v) is 19.9. The number of amides is 1. The topological polar surface area (TPSA) is 77.6 Å². The number of aryl methyl sites for hydroxylation is 2. The number of hydrogen-bond acceptors (Lipinski definition) is 6. The molecule has 1 saturated heterocycles. The Kier molecular flexibility index (Phi) is 6.44. The van der Waals surface area contributed by atoms with Gasteiger partial charge in [-0.25, -0.2) is 9.48 Å². The lowest BCUT2D eigenvalue weighted by Crippen LogP contribution is -2.36. The van der Waals surface area contributed by atoms with Crippen LogP contribution in [0, 0.1) is 0 Å². The lowest BCUT2D eigenvalue weighted by Gasteiger charge is -2.27. The van der Waals surface area contributed by atoms with E-state index in [-0.39, 0.29) is 18.0 Å². The molecule has 0 aliphatic carbocycles. The Morgan fingerprint density at radius 1 is 1.28 bits per heavy atom. The first-order valence-electron chi connectivity index (χ1n) is 10.6. The highest BCUT2D eigenvalue weighted by atomic mass is 35.5. The summed E-state index contributed by atoms with van der Waals surface area (Å²) in [4.78, 5) is 28.7. The fourth-order valence-corrected chi connectivity index (χ4v) is 4.90. The predicted molar refractivity (Wildman–Crippen MR) is 122 cm³/mol. The van der Waals surface area contributed by atoms with Gasteiger partial charge in [0.1, 0.15) is 11.9 Å². The van der Waals surface area contributed by atoms with Gasteiger partial charge >= 0.3 is 6.09 Å². The van der Waals surface area contributed by atoms with Gasteiger partial charge in [0.25, 0.3) is 5.91 Å². The number of rotatable bonds is 5. The Hall–Kier alpha value is -2.58. The van der Waals surface area contributed by atoms with E-state index in [2.05, 4.69) is 5.10 Å². The zero-order chi connectivity index (χ0) is 22.9. The van der Waals surface area contributed by atoms with Gasteiger partial charge in [-0.05, 0) is 70.7 Å². The molecule has 1 atom stereocenters. The van der Waals surface area contributed by atoms with E-state index in [4.69, 9.17) is 20.8 Å². The smallest absolute Gasteiger partial charge is 0.410 e. The van der Waals surface area contributed by atoms with E-state index in [0.717, 1.165) is 34.2 Å². The molecule has 1 amide bonds. The van der Waals surface area contributed by atoms with E-state index in [0.29, 0.717) is 24.2 Å². The molecule has 4 heterocycles. The molecular weight excluding hydrogens is 450 g/mol. The summed E-state index contributed by atoms with van der Waals surface area (Å²) < 4.78 is 12.8. The number of ether oxygens (including phenoxy) is 1. The molecule has 0 spiro atoms. The molecular formula is C23H26ClN3O4S. The maximum absolute atomic E-state index is 13.1. The third kappa shape index (κ3) is 5.07. The van der Waals surface area contributed by atoms with Gasteiger partial charge in [-0.2, -0.15) is 5.10 Å². The molecule has 0 bridgehead atoms. The molecule has 3 aromatic heterocycles. The van der Waals surface area contributed by atoms with Crippen molar-refractivity contribution in [1.82, 2.24) is 14.7 Å². The van der Waals surface area contributed by atoms with Crippen LogP contribution in [-0.4, -0.2) is 38.8 Å². The Bertz CT molecular complexity index is 1100. The number of hydrogen-bond donors (Lipinski definition) is 0. The molecule has 0 aromatic carbocycles. The number of nitrogens with zero attached hydrogens (tertiary/aromatic N) is 3. The Morgan fingerprint density at radius 2 is 2.09 bits per heavy atom. The summed E-state index contributed by atoms with van der Waals surface area (Å²) in [7, 11) is 0. The number of carbonyl (C=O) groups excluding carboxylic acids is 2. The highest BCUT2D eigenvalue weighted by Crippen LogP contribution is 2.33. The number of halogens is 1. The summed E-state index contributed by atoms with van der Waals surface area (Å²) in [6, 6.07) is 7.19. The summed E-state index contributed by atoms with van der Waals surface area (Å²) >= 11 is 7.59. The molecule has 1 aliphatic rings. The zero-order valence-electron chi connectivity index (χ0n) is 18.3. The average Bonchev–Trinajstić information content (AvgIpc) is 3.51. The third-order valence-electron chi connectivity index (χ3n) is 5.24. The maximum Gasteiger partial charge on any atom is 0.410 e. The van der Waals surface area contributed by atoms with Gasteiger partial charge in [-0.15, -0.1) is 11.3 Å². The Balaban J connectivity index is 1.62. The van der Waals surface area contributed by atoms with E-state index in [9.17, 15) is 9.59 Å². The SMILES string of the molecule is CC(C)(C)OC(=O)N1CCCC1c1cc(CCc2ccc(Cl)s2)n(C(=O)c2ccoc2)n1. The lowest BCUT2D eigenvalue weighted by molar-refractivity contribution is 0.0221. The largest absolute Gasteiger partial charge is 0.472 e. The molecule has 1 aliphatic heterocycles. The van der Waals surface area contributed by atoms with Gasteiger partial charge in [0, 0.05) is 17.1 Å². The second-order valence-corrected chi connectivity index (χ2v) is 10.6. The fourth-order valence-electron chi connectivity index (χ4n) is 3.82. The monoisotopic (exact) mass is 475 g/mol. The second kappa shape index (κ2) is 9.11. The molecule has 0 saturated carbocycles. The number of aromatic nitrogens is 2. The van der Waals surface area contributed by atoms with Crippen LogP contribution in [0.25, 0.3) is 0 Å². The first-order valence-corrected chi connectivity index (χ1v) is 11.8. The minimum Gasteiger partial charge on any atom is -0.472 e. The molecule has 170 valence electrons. The van der Waals surface area contributed by atoms with Crippen molar-refractivity contribution in [1.29, 1.82) is 0 Å². The molecule has 4 rings (SSSR count). The van der Waals surface area contributed by atoms with Crippen LogP contribution in [0.3, 0.4) is 0 Å². The quantitative estimate of drug-likeness (QED) is 0.470. The van der Waals surface area contributed by atoms with Crippen LogP contribution in [0.2, 0.25) is 4.34 Å². The first-order chi connectivity index (χ1) is 15.2. The normalized spacial score (nSPS) is 16.5. The van der Waals surface area contributed by atoms with Gasteiger partial charge in [0.15, 0.2) is 0 Å². The van der Waals surface area contributed by atoms with Crippen molar-refractivity contribution in [3.05, 3.63) is 63.0 Å². The molecule has 1 fully saturated rings. The average molecular weight is 476 g/mol. The minimum atomic E-state index is -0.575. The van der Waals surface area contributed by atoms with Crippen molar-refractivity contribution in [2.45, 2.75) is 58.1 Å². The third-order valence-corrected chi connectivity index (χ3v) is 6.53. The van der Waals surface area contributed by atoms with Gasteiger partial charge in [-0.1, -0.05) is 11.6 Å². The fraction of sp³-hybridized carbons (Fsp3) is 0.435. The summed E-state index contributed by atoms with van der Waals surface area (Å²) in [6.07, 6.45) is 5.51. The van der Waals surface area contributed by atoms with Crippen molar-refractivity contribution < 1.29 is 18.7 Å². The predicted octanol–water partition coefficient (Wildman–Crippen LogP) is 5.74. The lowest BCUT2D eigenvalue weighted by atomic mass is 10.1. The minimum absolute atomic E-state index is 0.224. The standard InChI is InChI=1S/C23H26ClN3O4S/c1-23(2,3)31-22(29)26-11-4-5-19(26)18-13-16(6-7-17-8-9-20(24)32-17)27(25-18)21(28)15-10-12-30-14-15/h8-10,12-14,19H,4-7,11H2,1-3H3. The van der Waals surface area contributed by atoms with E-state index >= 15 is 0 Å². The van der Waals surface area contributed by atoms with Crippen LogP contribution in [0.15, 0.2) is 41.2 Å². The highest BCUT2D eigenvalue weighted by Gasteiger charge is 2.35. The van der Waals surface area contributed by atoms with Crippen molar-refractivity contribution in [2.24, 2.45) is 0 Å². The number of thiophene rings is 1. The number of carbonyl (C=O) groups is 2. The number of furan rings is 1. The van der Waals surface area contributed by atoms with Crippen LogP contribution >= 0.6 is 22.9 Å². The van der Waals surface area contributed by atoms with Gasteiger partial charge in [0.2, 0.25) is 0 Å². The molecule has 1 unspecified atom stereocenters.